The number of likely N-dealkylation sites (N-methyl/N-ethyl adjacent to an activating group) is 1. The van der Waals surface area contributed by atoms with Gasteiger partial charge in [-0.1, -0.05) is 16.8 Å². The Kier molecular flexibility index (Phi) is 3.56. The summed E-state index contributed by atoms with van der Waals surface area (Å²) in [5.41, 5.74) is 1.05. The fourth-order valence-electron chi connectivity index (χ4n) is 1.13. The highest BCUT2D eigenvalue weighted by atomic mass is 35.5. The lowest BCUT2D eigenvalue weighted by Gasteiger charge is -2.22. The van der Waals surface area contributed by atoms with Crippen LogP contribution in [0.4, 0.5) is 0 Å². The minimum absolute atomic E-state index is 0.853. The van der Waals surface area contributed by atoms with Crippen LogP contribution in [-0.2, 0) is 4.84 Å². The van der Waals surface area contributed by atoms with E-state index < -0.39 is 0 Å². The van der Waals surface area contributed by atoms with E-state index in [1.54, 1.807) is 6.21 Å². The monoisotopic (exact) mass is 188 g/mol. The van der Waals surface area contributed by atoms with Gasteiger partial charge in [-0.3, -0.25) is 0 Å². The molecule has 0 spiro atoms. The molecule has 0 aromatic rings. The smallest absolute Gasteiger partial charge is 0.106 e. The van der Waals surface area contributed by atoms with Crippen molar-refractivity contribution >= 4 is 17.8 Å². The lowest BCUT2D eigenvalue weighted by atomic mass is 10.1. The molecular weight excluding hydrogens is 176 g/mol. The van der Waals surface area contributed by atoms with Crippen LogP contribution in [0.2, 0.25) is 0 Å². The van der Waals surface area contributed by atoms with Gasteiger partial charge in [0.05, 0.1) is 6.21 Å². The van der Waals surface area contributed by atoms with Crippen LogP contribution in [0.15, 0.2) is 15.8 Å². The molecule has 0 aromatic carbocycles. The summed E-state index contributed by atoms with van der Waals surface area (Å²) in [6, 6.07) is 0. The van der Waals surface area contributed by atoms with Crippen molar-refractivity contribution in [2.24, 2.45) is 5.16 Å². The van der Waals surface area contributed by atoms with E-state index >= 15 is 0 Å². The number of halogens is 1. The van der Waals surface area contributed by atoms with Crippen molar-refractivity contribution in [2.75, 3.05) is 27.2 Å². The van der Waals surface area contributed by atoms with Crippen molar-refractivity contribution in [3.8, 4) is 0 Å². The Morgan fingerprint density at radius 1 is 1.67 bits per heavy atom. The molecule has 1 aliphatic heterocycles. The molecule has 1 heterocycles. The van der Waals surface area contributed by atoms with E-state index in [0.717, 1.165) is 30.1 Å². The van der Waals surface area contributed by atoms with E-state index in [1.165, 1.54) is 7.11 Å². The van der Waals surface area contributed by atoms with Crippen molar-refractivity contribution in [3.05, 3.63) is 10.6 Å². The van der Waals surface area contributed by atoms with Crippen molar-refractivity contribution in [1.82, 2.24) is 4.90 Å². The van der Waals surface area contributed by atoms with Crippen LogP contribution in [0, 0.1) is 0 Å². The quantitative estimate of drug-likeness (QED) is 0.484. The zero-order valence-electron chi connectivity index (χ0n) is 7.38. The zero-order chi connectivity index (χ0) is 8.97. The van der Waals surface area contributed by atoms with Gasteiger partial charge < -0.3 is 9.74 Å². The molecule has 0 saturated heterocycles. The standard InChI is InChI=1S/C8H13ClN2O/c1-11-4-3-8(9)7(6-11)5-10-12-2/h5H,3-4,6H2,1-2H3/b10-5+. The average Bonchev–Trinajstić information content (AvgIpc) is 2.07. The molecule has 1 aliphatic rings. The maximum atomic E-state index is 5.99. The largest absolute Gasteiger partial charge is 0.399 e. The second kappa shape index (κ2) is 4.48. The first kappa shape index (κ1) is 9.55. The van der Waals surface area contributed by atoms with Crippen molar-refractivity contribution in [3.63, 3.8) is 0 Å². The average molecular weight is 189 g/mol. The van der Waals surface area contributed by atoms with Crippen LogP contribution in [0.1, 0.15) is 6.42 Å². The summed E-state index contributed by atoms with van der Waals surface area (Å²) in [4.78, 5) is 6.78. The van der Waals surface area contributed by atoms with Crippen LogP contribution in [0.25, 0.3) is 0 Å². The molecule has 0 N–H and O–H groups in total. The van der Waals surface area contributed by atoms with E-state index in [-0.39, 0.29) is 0 Å². The molecule has 0 aromatic heterocycles. The van der Waals surface area contributed by atoms with Gasteiger partial charge in [-0.15, -0.1) is 0 Å². The fraction of sp³-hybridized carbons (Fsp3) is 0.625. The van der Waals surface area contributed by atoms with E-state index in [9.17, 15) is 0 Å². The molecule has 12 heavy (non-hydrogen) atoms. The van der Waals surface area contributed by atoms with Crippen molar-refractivity contribution in [2.45, 2.75) is 6.42 Å². The molecule has 0 unspecified atom stereocenters. The molecule has 0 fully saturated rings. The molecule has 4 heteroatoms. The summed E-state index contributed by atoms with van der Waals surface area (Å²) < 4.78 is 0. The van der Waals surface area contributed by atoms with Gasteiger partial charge in [0.1, 0.15) is 7.11 Å². The third-order valence-electron chi connectivity index (χ3n) is 1.82. The van der Waals surface area contributed by atoms with Crippen LogP contribution in [0.5, 0.6) is 0 Å². The van der Waals surface area contributed by atoms with Gasteiger partial charge in [-0.25, -0.2) is 0 Å². The predicted octanol–water partition coefficient (Wildman–Crippen LogP) is 1.45. The molecule has 0 saturated carbocycles. The highest BCUT2D eigenvalue weighted by Gasteiger charge is 2.12. The molecular formula is C8H13ClN2O. The Hall–Kier alpha value is -0.540. The summed E-state index contributed by atoms with van der Waals surface area (Å²) in [7, 11) is 3.58. The van der Waals surface area contributed by atoms with Gasteiger partial charge in [0, 0.05) is 23.7 Å². The Morgan fingerprint density at radius 2 is 2.42 bits per heavy atom. The molecule has 68 valence electrons. The molecule has 0 amide bonds. The number of hydrogen-bond donors (Lipinski definition) is 0. The van der Waals surface area contributed by atoms with Gasteiger partial charge >= 0.3 is 0 Å². The van der Waals surface area contributed by atoms with Crippen LogP contribution < -0.4 is 0 Å². The third kappa shape index (κ3) is 2.50. The Bertz CT molecular complexity index is 213. The minimum atomic E-state index is 0.853. The first-order chi connectivity index (χ1) is 5.74. The second-order valence-electron chi connectivity index (χ2n) is 2.84. The fourth-order valence-corrected chi connectivity index (χ4v) is 1.33. The Labute approximate surface area is 77.6 Å². The van der Waals surface area contributed by atoms with Gasteiger partial charge in [-0.05, 0) is 13.5 Å². The van der Waals surface area contributed by atoms with E-state index in [2.05, 4.69) is 21.9 Å². The van der Waals surface area contributed by atoms with Gasteiger partial charge in [0.2, 0.25) is 0 Å². The van der Waals surface area contributed by atoms with Crippen LogP contribution >= 0.6 is 11.6 Å². The maximum absolute atomic E-state index is 5.99. The predicted molar refractivity (Wildman–Crippen MR) is 50.5 cm³/mol. The summed E-state index contributed by atoms with van der Waals surface area (Å²) in [6.07, 6.45) is 2.58. The number of rotatable bonds is 2. The lowest BCUT2D eigenvalue weighted by molar-refractivity contribution is 0.215. The number of hydrogen-bond acceptors (Lipinski definition) is 3. The third-order valence-corrected chi connectivity index (χ3v) is 2.25. The number of nitrogens with zero attached hydrogens (tertiary/aromatic N) is 2. The Morgan fingerprint density at radius 3 is 3.08 bits per heavy atom. The van der Waals surface area contributed by atoms with Crippen LogP contribution in [-0.4, -0.2) is 38.4 Å². The van der Waals surface area contributed by atoms with Crippen molar-refractivity contribution in [1.29, 1.82) is 0 Å². The normalized spacial score (nSPS) is 20.6. The van der Waals surface area contributed by atoms with Gasteiger partial charge in [0.15, 0.2) is 0 Å². The lowest BCUT2D eigenvalue weighted by Crippen LogP contribution is -2.27. The molecule has 1 rings (SSSR count). The molecule has 0 radical (unpaired) electrons. The van der Waals surface area contributed by atoms with E-state index in [1.807, 2.05) is 0 Å². The first-order valence-electron chi connectivity index (χ1n) is 3.86. The summed E-state index contributed by atoms with van der Waals surface area (Å²) in [6.45, 7) is 1.87. The van der Waals surface area contributed by atoms with Crippen LogP contribution in [0.3, 0.4) is 0 Å². The van der Waals surface area contributed by atoms with E-state index in [0.29, 0.717) is 0 Å². The highest BCUT2D eigenvalue weighted by molar-refractivity contribution is 6.31. The summed E-state index contributed by atoms with van der Waals surface area (Å²) >= 11 is 5.99. The van der Waals surface area contributed by atoms with Gasteiger partial charge in [0.25, 0.3) is 0 Å². The Balaban J connectivity index is 2.64. The maximum Gasteiger partial charge on any atom is 0.106 e. The summed E-state index contributed by atoms with van der Waals surface area (Å²) in [5.74, 6) is 0. The number of oxime groups is 1. The topological polar surface area (TPSA) is 24.8 Å². The van der Waals surface area contributed by atoms with Gasteiger partial charge in [-0.2, -0.15) is 0 Å². The highest BCUT2D eigenvalue weighted by Crippen LogP contribution is 2.18. The molecule has 0 aliphatic carbocycles. The summed E-state index contributed by atoms with van der Waals surface area (Å²) in [5, 5.41) is 4.58. The first-order valence-corrected chi connectivity index (χ1v) is 4.24. The molecule has 0 atom stereocenters. The minimum Gasteiger partial charge on any atom is -0.399 e. The van der Waals surface area contributed by atoms with E-state index in [4.69, 9.17) is 11.6 Å². The SMILES string of the molecule is CO/N=C/C1=C(Cl)CCN(C)C1. The second-order valence-corrected chi connectivity index (χ2v) is 3.29. The molecule has 0 bridgehead atoms. The zero-order valence-corrected chi connectivity index (χ0v) is 8.14. The molecule has 3 nitrogen and oxygen atoms in total. The van der Waals surface area contributed by atoms with Crippen molar-refractivity contribution < 1.29 is 4.84 Å².